The van der Waals surface area contributed by atoms with Crippen LogP contribution < -0.4 is 10.1 Å². The number of hydrogen-bond acceptors (Lipinski definition) is 4. The minimum atomic E-state index is -0.226. The van der Waals surface area contributed by atoms with Gasteiger partial charge in [-0.3, -0.25) is 9.78 Å². The summed E-state index contributed by atoms with van der Waals surface area (Å²) in [5.74, 6) is 0.423. The molecule has 1 unspecified atom stereocenters. The molecule has 1 aliphatic rings. The lowest BCUT2D eigenvalue weighted by molar-refractivity contribution is -0.111. The number of pyridine rings is 1. The van der Waals surface area contributed by atoms with Crippen LogP contribution in [-0.4, -0.2) is 30.2 Å². The van der Waals surface area contributed by atoms with Crippen LogP contribution in [0.3, 0.4) is 0 Å². The molecule has 1 aromatic heterocycles. The van der Waals surface area contributed by atoms with Crippen LogP contribution in [0.25, 0.3) is 6.08 Å². The molecule has 5 nitrogen and oxygen atoms in total. The zero-order chi connectivity index (χ0) is 17.3. The third-order valence-corrected chi connectivity index (χ3v) is 3.94. The molecule has 130 valence electrons. The van der Waals surface area contributed by atoms with Gasteiger partial charge < -0.3 is 14.8 Å². The van der Waals surface area contributed by atoms with Crippen molar-refractivity contribution in [3.8, 4) is 5.75 Å². The Morgan fingerprint density at radius 3 is 2.92 bits per heavy atom. The fourth-order valence-corrected chi connectivity index (χ4v) is 2.63. The highest BCUT2D eigenvalue weighted by molar-refractivity contribution is 6.02. The predicted octanol–water partition coefficient (Wildman–Crippen LogP) is 3.68. The maximum Gasteiger partial charge on any atom is 0.248 e. The van der Waals surface area contributed by atoms with Crippen LogP contribution in [0.5, 0.6) is 5.75 Å². The normalized spacial score (nSPS) is 17.4. The Bertz CT molecular complexity index is 710. The van der Waals surface area contributed by atoms with Crippen LogP contribution in [-0.2, 0) is 9.53 Å². The van der Waals surface area contributed by atoms with Gasteiger partial charge in [-0.25, -0.2) is 0 Å². The lowest BCUT2D eigenvalue weighted by Gasteiger charge is -2.23. The molecule has 0 radical (unpaired) electrons. The average Bonchev–Trinajstić information content (AvgIpc) is 2.67. The van der Waals surface area contributed by atoms with Gasteiger partial charge >= 0.3 is 0 Å². The standard InChI is InChI=1S/C20H22N2O3/c23-20(12-11-16-7-3-5-13-21-16)22-18-9-1-2-10-19(18)25-15-17-8-4-6-14-24-17/h1-3,5,7,9-13,17H,4,6,8,14-15H2,(H,22,23)/b12-11+. The first-order valence-electron chi connectivity index (χ1n) is 8.55. The molecule has 1 aromatic carbocycles. The van der Waals surface area contributed by atoms with E-state index < -0.39 is 0 Å². The van der Waals surface area contributed by atoms with E-state index in [1.165, 1.54) is 12.5 Å². The molecular formula is C20H22N2O3. The minimum absolute atomic E-state index is 0.126. The Hall–Kier alpha value is -2.66. The van der Waals surface area contributed by atoms with Gasteiger partial charge in [-0.2, -0.15) is 0 Å². The molecular weight excluding hydrogens is 316 g/mol. The van der Waals surface area contributed by atoms with E-state index in [0.29, 0.717) is 18.0 Å². The molecule has 1 saturated heterocycles. The summed E-state index contributed by atoms with van der Waals surface area (Å²) in [5, 5.41) is 2.85. The number of benzene rings is 1. The number of rotatable bonds is 6. The lowest BCUT2D eigenvalue weighted by Crippen LogP contribution is -2.26. The number of nitrogens with one attached hydrogen (secondary N) is 1. The number of aromatic nitrogens is 1. The Kier molecular flexibility index (Phi) is 6.17. The van der Waals surface area contributed by atoms with Crippen LogP contribution in [0, 0.1) is 0 Å². The van der Waals surface area contributed by atoms with Crippen LogP contribution in [0.15, 0.2) is 54.7 Å². The van der Waals surface area contributed by atoms with E-state index in [4.69, 9.17) is 9.47 Å². The molecule has 2 heterocycles. The van der Waals surface area contributed by atoms with Gasteiger partial charge in [0.15, 0.2) is 0 Å². The molecule has 3 rings (SSSR count). The van der Waals surface area contributed by atoms with Crippen LogP contribution >= 0.6 is 0 Å². The van der Waals surface area contributed by atoms with Crippen molar-refractivity contribution >= 4 is 17.7 Å². The van der Waals surface area contributed by atoms with Gasteiger partial charge in [-0.15, -0.1) is 0 Å². The quantitative estimate of drug-likeness (QED) is 0.816. The van der Waals surface area contributed by atoms with Crippen molar-refractivity contribution in [2.75, 3.05) is 18.5 Å². The summed E-state index contributed by atoms with van der Waals surface area (Å²) in [4.78, 5) is 16.3. The zero-order valence-electron chi connectivity index (χ0n) is 14.1. The molecule has 1 fully saturated rings. The van der Waals surface area contributed by atoms with E-state index in [1.807, 2.05) is 42.5 Å². The van der Waals surface area contributed by atoms with E-state index in [2.05, 4.69) is 10.3 Å². The average molecular weight is 338 g/mol. The number of para-hydroxylation sites is 2. The summed E-state index contributed by atoms with van der Waals surface area (Å²) in [6.07, 6.45) is 8.26. The Morgan fingerprint density at radius 1 is 1.24 bits per heavy atom. The van der Waals surface area contributed by atoms with Crippen molar-refractivity contribution in [2.24, 2.45) is 0 Å². The lowest BCUT2D eigenvalue weighted by atomic mass is 10.1. The largest absolute Gasteiger partial charge is 0.489 e. The van der Waals surface area contributed by atoms with Gasteiger partial charge in [-0.1, -0.05) is 18.2 Å². The molecule has 1 aliphatic heterocycles. The molecule has 1 amide bonds. The summed E-state index contributed by atoms with van der Waals surface area (Å²) in [6, 6.07) is 13.0. The Labute approximate surface area is 147 Å². The topological polar surface area (TPSA) is 60.5 Å². The second-order valence-electron chi connectivity index (χ2n) is 5.87. The van der Waals surface area contributed by atoms with Crippen LogP contribution in [0.4, 0.5) is 5.69 Å². The summed E-state index contributed by atoms with van der Waals surface area (Å²) >= 11 is 0. The van der Waals surface area contributed by atoms with Crippen molar-refractivity contribution in [1.29, 1.82) is 0 Å². The van der Waals surface area contributed by atoms with E-state index in [-0.39, 0.29) is 12.0 Å². The molecule has 0 bridgehead atoms. The van der Waals surface area contributed by atoms with Gasteiger partial charge in [-0.05, 0) is 49.6 Å². The number of hydrogen-bond donors (Lipinski definition) is 1. The number of carbonyl (C=O) groups is 1. The maximum atomic E-state index is 12.1. The number of amides is 1. The van der Waals surface area contributed by atoms with Gasteiger partial charge in [0.05, 0.1) is 17.5 Å². The van der Waals surface area contributed by atoms with Gasteiger partial charge in [0, 0.05) is 18.9 Å². The smallest absolute Gasteiger partial charge is 0.248 e. The molecule has 1 atom stereocenters. The Morgan fingerprint density at radius 2 is 2.12 bits per heavy atom. The van der Waals surface area contributed by atoms with E-state index >= 15 is 0 Å². The summed E-state index contributed by atoms with van der Waals surface area (Å²) in [6.45, 7) is 1.29. The van der Waals surface area contributed by atoms with Crippen molar-refractivity contribution in [3.05, 3.63) is 60.4 Å². The zero-order valence-corrected chi connectivity index (χ0v) is 14.1. The maximum absolute atomic E-state index is 12.1. The van der Waals surface area contributed by atoms with Gasteiger partial charge in [0.1, 0.15) is 12.4 Å². The second-order valence-corrected chi connectivity index (χ2v) is 5.87. The fraction of sp³-hybridized carbons (Fsp3) is 0.300. The Balaban J connectivity index is 1.58. The first kappa shape index (κ1) is 17.2. The van der Waals surface area contributed by atoms with Gasteiger partial charge in [0.25, 0.3) is 0 Å². The van der Waals surface area contributed by atoms with Crippen molar-refractivity contribution in [2.45, 2.75) is 25.4 Å². The molecule has 5 heteroatoms. The first-order valence-corrected chi connectivity index (χ1v) is 8.55. The highest BCUT2D eigenvalue weighted by Crippen LogP contribution is 2.25. The monoisotopic (exact) mass is 338 g/mol. The molecule has 2 aromatic rings. The highest BCUT2D eigenvalue weighted by atomic mass is 16.5. The summed E-state index contributed by atoms with van der Waals surface area (Å²) in [7, 11) is 0. The van der Waals surface area contributed by atoms with E-state index in [1.54, 1.807) is 12.3 Å². The summed E-state index contributed by atoms with van der Waals surface area (Å²) in [5.41, 5.74) is 1.38. The number of anilines is 1. The summed E-state index contributed by atoms with van der Waals surface area (Å²) < 4.78 is 11.5. The SMILES string of the molecule is O=C(/C=C/c1ccccn1)Nc1ccccc1OCC1CCCCO1. The predicted molar refractivity (Wildman–Crippen MR) is 97.4 cm³/mol. The van der Waals surface area contributed by atoms with Crippen molar-refractivity contribution in [3.63, 3.8) is 0 Å². The fourth-order valence-electron chi connectivity index (χ4n) is 2.63. The third kappa shape index (κ3) is 5.43. The molecule has 0 saturated carbocycles. The number of carbonyl (C=O) groups excluding carboxylic acids is 1. The van der Waals surface area contributed by atoms with E-state index in [0.717, 1.165) is 25.1 Å². The first-order chi connectivity index (χ1) is 12.3. The third-order valence-electron chi connectivity index (χ3n) is 3.94. The van der Waals surface area contributed by atoms with Crippen molar-refractivity contribution < 1.29 is 14.3 Å². The highest BCUT2D eigenvalue weighted by Gasteiger charge is 2.15. The molecule has 1 N–H and O–H groups in total. The number of nitrogens with zero attached hydrogens (tertiary/aromatic N) is 1. The van der Waals surface area contributed by atoms with Crippen LogP contribution in [0.2, 0.25) is 0 Å². The van der Waals surface area contributed by atoms with Gasteiger partial charge in [0.2, 0.25) is 5.91 Å². The second kappa shape index (κ2) is 8.99. The molecule has 0 spiro atoms. The van der Waals surface area contributed by atoms with Crippen LogP contribution in [0.1, 0.15) is 25.0 Å². The van der Waals surface area contributed by atoms with E-state index in [9.17, 15) is 4.79 Å². The van der Waals surface area contributed by atoms with Crippen molar-refractivity contribution in [1.82, 2.24) is 4.98 Å². The number of ether oxygens (including phenoxy) is 2. The molecule has 0 aliphatic carbocycles. The minimum Gasteiger partial charge on any atom is -0.489 e. The molecule has 25 heavy (non-hydrogen) atoms.